The minimum atomic E-state index is -0.974. The molecule has 2 amide bonds. The van der Waals surface area contributed by atoms with Gasteiger partial charge in [-0.3, -0.25) is 14.5 Å². The summed E-state index contributed by atoms with van der Waals surface area (Å²) in [5.74, 6) is -1.29. The minimum Gasteiger partial charge on any atom is -0.481 e. The molecule has 1 heterocycles. The second-order valence-electron chi connectivity index (χ2n) is 12.1. The molecule has 0 atom stereocenters. The van der Waals surface area contributed by atoms with Crippen LogP contribution in [0.2, 0.25) is 0 Å². The molecule has 5 rings (SSSR count). The lowest BCUT2D eigenvalue weighted by Gasteiger charge is -2.43. The van der Waals surface area contributed by atoms with Crippen molar-refractivity contribution in [3.63, 3.8) is 0 Å². The normalized spacial score (nSPS) is 16.2. The molecule has 0 unspecified atom stereocenters. The van der Waals surface area contributed by atoms with Crippen molar-refractivity contribution in [2.45, 2.75) is 51.1 Å². The molecule has 1 fully saturated rings. The van der Waals surface area contributed by atoms with Crippen molar-refractivity contribution in [3.8, 4) is 11.1 Å². The van der Waals surface area contributed by atoms with E-state index in [2.05, 4.69) is 51.9 Å². The Bertz CT molecular complexity index is 1380. The fraction of sp³-hybridized carbons (Fsp3) is 0.382. The summed E-state index contributed by atoms with van der Waals surface area (Å²) in [4.78, 5) is 40.2. The summed E-state index contributed by atoms with van der Waals surface area (Å²) in [6.45, 7) is 5.87. The molecule has 8 heteroatoms. The number of carboxylic acid groups (broad SMARTS) is 1. The predicted molar refractivity (Wildman–Crippen MR) is 161 cm³/mol. The van der Waals surface area contributed by atoms with Crippen molar-refractivity contribution in [3.05, 3.63) is 95.6 Å². The van der Waals surface area contributed by atoms with Gasteiger partial charge in [-0.25, -0.2) is 4.79 Å². The number of aliphatic carboxylic acids is 1. The lowest BCUT2D eigenvalue weighted by Crippen LogP contribution is -2.59. The lowest BCUT2D eigenvalue weighted by atomic mass is 9.82. The van der Waals surface area contributed by atoms with Crippen LogP contribution in [0.4, 0.5) is 4.79 Å². The van der Waals surface area contributed by atoms with E-state index in [1.165, 1.54) is 5.56 Å². The van der Waals surface area contributed by atoms with Crippen LogP contribution < -0.4 is 10.6 Å². The topological polar surface area (TPSA) is 108 Å². The summed E-state index contributed by atoms with van der Waals surface area (Å²) in [6.07, 6.45) is 0.335. The summed E-state index contributed by atoms with van der Waals surface area (Å²) in [5, 5.41) is 15.5. The smallest absolute Gasteiger partial charge is 0.407 e. The van der Waals surface area contributed by atoms with Gasteiger partial charge in [0.05, 0.1) is 17.4 Å². The van der Waals surface area contributed by atoms with Crippen LogP contribution in [0.5, 0.6) is 0 Å². The Hall–Kier alpha value is -4.17. The van der Waals surface area contributed by atoms with Crippen LogP contribution in [-0.2, 0) is 20.9 Å². The molecule has 42 heavy (non-hydrogen) atoms. The number of piperidine rings is 1. The second-order valence-corrected chi connectivity index (χ2v) is 12.1. The number of alkyl carbamates (subject to hydrolysis) is 1. The Kier molecular flexibility index (Phi) is 8.64. The zero-order valence-electron chi connectivity index (χ0n) is 24.3. The molecule has 8 nitrogen and oxygen atoms in total. The largest absolute Gasteiger partial charge is 0.481 e. The van der Waals surface area contributed by atoms with Gasteiger partial charge in [-0.2, -0.15) is 0 Å². The molecule has 0 bridgehead atoms. The number of hydrogen-bond donors (Lipinski definition) is 3. The van der Waals surface area contributed by atoms with Crippen molar-refractivity contribution in [1.29, 1.82) is 0 Å². The van der Waals surface area contributed by atoms with E-state index in [4.69, 9.17) is 4.74 Å². The number of nitrogens with zero attached hydrogens (tertiary/aromatic N) is 1. The molecular formula is C34H39N3O5. The predicted octanol–water partition coefficient (Wildman–Crippen LogP) is 5.18. The number of benzene rings is 3. The molecule has 1 aliphatic carbocycles. The highest BCUT2D eigenvalue weighted by molar-refractivity contribution is 5.84. The van der Waals surface area contributed by atoms with E-state index >= 15 is 0 Å². The lowest BCUT2D eigenvalue weighted by molar-refractivity contribution is -0.141. The molecule has 0 radical (unpaired) electrons. The second kappa shape index (κ2) is 12.4. The van der Waals surface area contributed by atoms with Crippen molar-refractivity contribution in [1.82, 2.24) is 15.5 Å². The summed E-state index contributed by atoms with van der Waals surface area (Å²) in [5.41, 5.74) is 3.96. The average molecular weight is 570 g/mol. The maximum Gasteiger partial charge on any atom is 0.407 e. The van der Waals surface area contributed by atoms with Crippen molar-refractivity contribution >= 4 is 18.0 Å². The van der Waals surface area contributed by atoms with Crippen LogP contribution in [0.3, 0.4) is 0 Å². The fourth-order valence-electron chi connectivity index (χ4n) is 6.05. The molecule has 1 saturated heterocycles. The number of nitrogens with one attached hydrogen (secondary N) is 2. The molecule has 0 spiro atoms. The first-order valence-electron chi connectivity index (χ1n) is 14.6. The molecule has 1 aliphatic heterocycles. The number of carboxylic acids is 1. The average Bonchev–Trinajstić information content (AvgIpc) is 3.30. The van der Waals surface area contributed by atoms with Crippen LogP contribution in [0.15, 0.2) is 78.9 Å². The van der Waals surface area contributed by atoms with Gasteiger partial charge in [-0.05, 0) is 54.5 Å². The van der Waals surface area contributed by atoms with Gasteiger partial charge in [-0.1, -0.05) is 78.9 Å². The highest BCUT2D eigenvalue weighted by Crippen LogP contribution is 2.44. The van der Waals surface area contributed by atoms with Gasteiger partial charge >= 0.3 is 12.1 Å². The van der Waals surface area contributed by atoms with Gasteiger partial charge in [0.15, 0.2) is 0 Å². The van der Waals surface area contributed by atoms with Gasteiger partial charge in [0.1, 0.15) is 6.61 Å². The van der Waals surface area contributed by atoms with E-state index < -0.39 is 23.0 Å². The van der Waals surface area contributed by atoms with Gasteiger partial charge in [0.25, 0.3) is 0 Å². The maximum absolute atomic E-state index is 13.4. The van der Waals surface area contributed by atoms with Crippen LogP contribution in [0.1, 0.15) is 55.7 Å². The number of likely N-dealkylation sites (tertiary alicyclic amines) is 1. The van der Waals surface area contributed by atoms with E-state index in [1.807, 2.05) is 42.5 Å². The summed E-state index contributed by atoms with van der Waals surface area (Å²) in [7, 11) is 0. The number of fused-ring (bicyclic) bond motifs is 3. The Morgan fingerprint density at radius 1 is 0.905 bits per heavy atom. The first-order chi connectivity index (χ1) is 20.2. The Morgan fingerprint density at radius 3 is 2.07 bits per heavy atom. The van der Waals surface area contributed by atoms with Crippen LogP contribution in [-0.4, -0.2) is 59.8 Å². The van der Waals surface area contributed by atoms with E-state index in [0.29, 0.717) is 25.9 Å². The van der Waals surface area contributed by atoms with Gasteiger partial charge < -0.3 is 20.5 Å². The third-order valence-corrected chi connectivity index (χ3v) is 8.56. The molecule has 0 saturated carbocycles. The SMILES string of the molecule is CC(C)(CNC(=O)OCC1c2ccccc2-c2ccccc21)C(=O)NC1(CC(=O)O)CCN(Cc2ccccc2)CC1. The van der Waals surface area contributed by atoms with E-state index in [1.54, 1.807) is 13.8 Å². The summed E-state index contributed by atoms with van der Waals surface area (Å²) in [6, 6.07) is 26.4. The monoisotopic (exact) mass is 569 g/mol. The van der Waals surface area contributed by atoms with Crippen LogP contribution >= 0.6 is 0 Å². The highest BCUT2D eigenvalue weighted by Gasteiger charge is 2.41. The molecule has 2 aliphatic rings. The summed E-state index contributed by atoms with van der Waals surface area (Å²) >= 11 is 0. The van der Waals surface area contributed by atoms with Crippen LogP contribution in [0, 0.1) is 5.41 Å². The number of carbonyl (C=O) groups is 3. The maximum atomic E-state index is 13.4. The molecule has 3 aromatic rings. The number of carbonyl (C=O) groups excluding carboxylic acids is 2. The highest BCUT2D eigenvalue weighted by atomic mass is 16.5. The molecule has 220 valence electrons. The minimum absolute atomic E-state index is 0.0527. The Labute approximate surface area is 247 Å². The third-order valence-electron chi connectivity index (χ3n) is 8.56. The number of rotatable bonds is 10. The number of ether oxygens (including phenoxy) is 1. The zero-order chi connectivity index (χ0) is 29.7. The van der Waals surface area contributed by atoms with Crippen molar-refractivity contribution < 1.29 is 24.2 Å². The van der Waals surface area contributed by atoms with Crippen molar-refractivity contribution in [2.75, 3.05) is 26.2 Å². The molecular weight excluding hydrogens is 530 g/mol. The van der Waals surface area contributed by atoms with Crippen LogP contribution in [0.25, 0.3) is 11.1 Å². The van der Waals surface area contributed by atoms with Gasteiger partial charge in [0.2, 0.25) is 5.91 Å². The van der Waals surface area contributed by atoms with E-state index in [-0.39, 0.29) is 31.4 Å². The first kappa shape index (κ1) is 29.3. The Balaban J connectivity index is 1.15. The Morgan fingerprint density at radius 2 is 1.48 bits per heavy atom. The summed E-state index contributed by atoms with van der Waals surface area (Å²) < 4.78 is 5.63. The fourth-order valence-corrected chi connectivity index (χ4v) is 6.05. The first-order valence-corrected chi connectivity index (χ1v) is 14.6. The molecule has 3 aromatic carbocycles. The van der Waals surface area contributed by atoms with E-state index in [0.717, 1.165) is 28.8 Å². The van der Waals surface area contributed by atoms with Crippen molar-refractivity contribution in [2.24, 2.45) is 5.41 Å². The number of amides is 2. The standard InChI is InChI=1S/C34H39N3O5/c1-33(2,23-35-32(41)42-22-29-27-14-8-6-12-25(27)26-13-7-9-15-28(26)29)31(40)36-34(20-30(38)39)16-18-37(19-17-34)21-24-10-4-3-5-11-24/h3-15,29H,16-23H2,1-2H3,(H,35,41)(H,36,40)(H,38,39). The quantitative estimate of drug-likeness (QED) is 0.311. The van der Waals surface area contributed by atoms with Gasteiger partial charge in [-0.15, -0.1) is 0 Å². The third kappa shape index (κ3) is 6.65. The molecule has 3 N–H and O–H groups in total. The number of hydrogen-bond acceptors (Lipinski definition) is 5. The zero-order valence-corrected chi connectivity index (χ0v) is 24.3. The molecule has 0 aromatic heterocycles. The van der Waals surface area contributed by atoms with E-state index in [9.17, 15) is 19.5 Å². The van der Waals surface area contributed by atoms with Gasteiger partial charge in [0, 0.05) is 32.1 Å².